The molecule has 0 spiro atoms. The molecule has 0 heteroatoms. The second-order valence-electron chi connectivity index (χ2n) is 13.4. The highest BCUT2D eigenvalue weighted by Crippen LogP contribution is 2.45. The van der Waals surface area contributed by atoms with E-state index >= 15 is 0 Å². The topological polar surface area (TPSA) is 0 Å². The molecule has 0 radical (unpaired) electrons. The van der Waals surface area contributed by atoms with Crippen LogP contribution in [0.3, 0.4) is 0 Å². The van der Waals surface area contributed by atoms with Crippen molar-refractivity contribution >= 4 is 32.3 Å². The molecule has 0 amide bonds. The van der Waals surface area contributed by atoms with Gasteiger partial charge in [-0.1, -0.05) is 166 Å². The van der Waals surface area contributed by atoms with Crippen LogP contribution in [0, 0.1) is 0 Å². The van der Waals surface area contributed by atoms with Crippen molar-refractivity contribution in [2.24, 2.45) is 0 Å². The Morgan fingerprint density at radius 3 is 1.22 bits per heavy atom. The van der Waals surface area contributed by atoms with Gasteiger partial charge in [0.05, 0.1) is 0 Å². The van der Waals surface area contributed by atoms with Crippen molar-refractivity contribution in [2.45, 2.75) is 26.2 Å². The van der Waals surface area contributed by atoms with E-state index in [-0.39, 0.29) is 5.41 Å². The SMILES string of the molecule is CC(C)(C)c1ccc(-c2c3ccccc3c(-c3ccc4cc(-c5ccccc5)c(-c5ccccc5)cc4c3)c3ccccc23)cc1. The third kappa shape index (κ3) is 4.88. The summed E-state index contributed by atoms with van der Waals surface area (Å²) in [6.45, 7) is 6.82. The molecular formula is C46H36. The number of hydrogen-bond acceptors (Lipinski definition) is 0. The van der Waals surface area contributed by atoms with E-state index < -0.39 is 0 Å². The van der Waals surface area contributed by atoms with Crippen molar-refractivity contribution in [1.82, 2.24) is 0 Å². The first-order valence-electron chi connectivity index (χ1n) is 16.2. The van der Waals surface area contributed by atoms with Gasteiger partial charge in [0.25, 0.3) is 0 Å². The van der Waals surface area contributed by atoms with Crippen molar-refractivity contribution in [3.8, 4) is 44.5 Å². The summed E-state index contributed by atoms with van der Waals surface area (Å²) in [7, 11) is 0. The van der Waals surface area contributed by atoms with Gasteiger partial charge in [0.2, 0.25) is 0 Å². The van der Waals surface area contributed by atoms with Crippen molar-refractivity contribution in [1.29, 1.82) is 0 Å². The summed E-state index contributed by atoms with van der Waals surface area (Å²) in [5.41, 5.74) is 11.5. The van der Waals surface area contributed by atoms with Crippen LogP contribution >= 0.6 is 0 Å². The van der Waals surface area contributed by atoms with Gasteiger partial charge in [-0.3, -0.25) is 0 Å². The minimum absolute atomic E-state index is 0.116. The Labute approximate surface area is 271 Å². The molecule has 0 aliphatic heterocycles. The Hall–Kier alpha value is -5.46. The van der Waals surface area contributed by atoms with Gasteiger partial charge in [-0.15, -0.1) is 0 Å². The first-order chi connectivity index (χ1) is 22.5. The predicted molar refractivity (Wildman–Crippen MR) is 199 cm³/mol. The highest BCUT2D eigenvalue weighted by atomic mass is 14.2. The van der Waals surface area contributed by atoms with Crippen molar-refractivity contribution < 1.29 is 0 Å². The molecule has 0 fully saturated rings. The number of benzene rings is 8. The molecule has 0 atom stereocenters. The molecule has 0 aromatic heterocycles. The third-order valence-corrected chi connectivity index (χ3v) is 9.41. The van der Waals surface area contributed by atoms with E-state index in [0.29, 0.717) is 0 Å². The smallest absolute Gasteiger partial charge is 0.00262 e. The van der Waals surface area contributed by atoms with Crippen LogP contribution in [0.4, 0.5) is 0 Å². The summed E-state index contributed by atoms with van der Waals surface area (Å²) in [6, 6.07) is 60.3. The van der Waals surface area contributed by atoms with E-state index in [9.17, 15) is 0 Å². The lowest BCUT2D eigenvalue weighted by atomic mass is 9.83. The van der Waals surface area contributed by atoms with Crippen LogP contribution in [0.2, 0.25) is 0 Å². The van der Waals surface area contributed by atoms with E-state index in [1.54, 1.807) is 0 Å². The first-order valence-corrected chi connectivity index (χ1v) is 16.2. The van der Waals surface area contributed by atoms with Crippen molar-refractivity contribution in [2.75, 3.05) is 0 Å². The van der Waals surface area contributed by atoms with E-state index in [2.05, 4.69) is 185 Å². The molecule has 0 saturated carbocycles. The molecule has 0 heterocycles. The molecule has 0 aliphatic rings. The summed E-state index contributed by atoms with van der Waals surface area (Å²) < 4.78 is 0. The van der Waals surface area contributed by atoms with Gasteiger partial charge in [-0.05, 0) is 106 Å². The van der Waals surface area contributed by atoms with Gasteiger partial charge in [-0.25, -0.2) is 0 Å². The number of rotatable bonds is 4. The lowest BCUT2D eigenvalue weighted by Crippen LogP contribution is -2.10. The molecule has 0 bridgehead atoms. The first kappa shape index (κ1) is 28.0. The van der Waals surface area contributed by atoms with Gasteiger partial charge in [0, 0.05) is 0 Å². The summed E-state index contributed by atoms with van der Waals surface area (Å²) in [6.07, 6.45) is 0. The van der Waals surface area contributed by atoms with Crippen molar-refractivity contribution in [3.05, 3.63) is 169 Å². The molecule has 0 saturated heterocycles. The monoisotopic (exact) mass is 588 g/mol. The molecule has 8 rings (SSSR count). The maximum Gasteiger partial charge on any atom is -0.00262 e. The normalized spacial score (nSPS) is 11.8. The fraction of sp³-hybridized carbons (Fsp3) is 0.0870. The molecule has 0 unspecified atom stereocenters. The minimum atomic E-state index is 0.116. The fourth-order valence-electron chi connectivity index (χ4n) is 7.05. The Morgan fingerprint density at radius 1 is 0.326 bits per heavy atom. The largest absolute Gasteiger partial charge is 0.0622 e. The molecular weight excluding hydrogens is 553 g/mol. The lowest BCUT2D eigenvalue weighted by molar-refractivity contribution is 0.590. The average Bonchev–Trinajstić information content (AvgIpc) is 3.10. The Balaban J connectivity index is 1.37. The molecule has 0 nitrogen and oxygen atoms in total. The van der Waals surface area contributed by atoms with Gasteiger partial charge in [0.15, 0.2) is 0 Å². The van der Waals surface area contributed by atoms with Crippen LogP contribution in [0.25, 0.3) is 76.8 Å². The van der Waals surface area contributed by atoms with Gasteiger partial charge in [-0.2, -0.15) is 0 Å². The zero-order valence-electron chi connectivity index (χ0n) is 26.6. The highest BCUT2D eigenvalue weighted by Gasteiger charge is 2.19. The second-order valence-corrected chi connectivity index (χ2v) is 13.4. The van der Waals surface area contributed by atoms with Crippen LogP contribution in [0.15, 0.2) is 164 Å². The third-order valence-electron chi connectivity index (χ3n) is 9.41. The summed E-state index contributed by atoms with van der Waals surface area (Å²) in [5.74, 6) is 0. The van der Waals surface area contributed by atoms with Crippen LogP contribution in [-0.4, -0.2) is 0 Å². The van der Waals surface area contributed by atoms with Crippen LogP contribution in [0.5, 0.6) is 0 Å². The summed E-state index contributed by atoms with van der Waals surface area (Å²) >= 11 is 0. The van der Waals surface area contributed by atoms with Crippen LogP contribution in [-0.2, 0) is 5.41 Å². The maximum absolute atomic E-state index is 2.39. The van der Waals surface area contributed by atoms with E-state index in [0.717, 1.165) is 0 Å². The zero-order chi connectivity index (χ0) is 31.3. The predicted octanol–water partition coefficient (Wildman–Crippen LogP) is 13.1. The Kier molecular flexibility index (Phi) is 6.80. The van der Waals surface area contributed by atoms with E-state index in [1.807, 2.05) is 0 Å². The molecule has 220 valence electrons. The molecule has 8 aromatic carbocycles. The van der Waals surface area contributed by atoms with Gasteiger partial charge < -0.3 is 0 Å². The van der Waals surface area contributed by atoms with E-state index in [1.165, 1.54) is 82.4 Å². The Morgan fingerprint density at radius 2 is 0.739 bits per heavy atom. The van der Waals surface area contributed by atoms with E-state index in [4.69, 9.17) is 0 Å². The van der Waals surface area contributed by atoms with Crippen LogP contribution < -0.4 is 0 Å². The van der Waals surface area contributed by atoms with Crippen LogP contribution in [0.1, 0.15) is 26.3 Å². The van der Waals surface area contributed by atoms with Gasteiger partial charge in [0.1, 0.15) is 0 Å². The van der Waals surface area contributed by atoms with Gasteiger partial charge >= 0.3 is 0 Å². The standard InChI is InChI=1S/C46H36/c1-46(2,3)37-26-24-33(25-27-37)44-38-18-10-12-20-40(38)45(41-21-13-11-19-39(41)44)35-23-22-34-29-42(31-14-6-4-7-15-31)43(30-36(34)28-35)32-16-8-5-9-17-32/h4-30H,1-3H3. The summed E-state index contributed by atoms with van der Waals surface area (Å²) in [4.78, 5) is 0. The zero-order valence-corrected chi connectivity index (χ0v) is 26.6. The lowest BCUT2D eigenvalue weighted by Gasteiger charge is -2.21. The highest BCUT2D eigenvalue weighted by molar-refractivity contribution is 6.21. The van der Waals surface area contributed by atoms with Crippen molar-refractivity contribution in [3.63, 3.8) is 0 Å². The molecule has 46 heavy (non-hydrogen) atoms. The molecule has 0 aliphatic carbocycles. The molecule has 8 aromatic rings. The molecule has 0 N–H and O–H groups in total. The Bertz CT molecular complexity index is 2300. The second kappa shape index (κ2) is 11.2. The quantitative estimate of drug-likeness (QED) is 0.179. The maximum atomic E-state index is 2.39. The summed E-state index contributed by atoms with van der Waals surface area (Å²) in [5, 5.41) is 7.60. The fourth-order valence-corrected chi connectivity index (χ4v) is 7.05. The minimum Gasteiger partial charge on any atom is -0.0622 e. The number of fused-ring (bicyclic) bond motifs is 3. The number of hydrogen-bond donors (Lipinski definition) is 0. The average molecular weight is 589 g/mol.